The van der Waals surface area contributed by atoms with Gasteiger partial charge in [0.25, 0.3) is 5.91 Å². The number of nitrogens with zero attached hydrogens (tertiary/aromatic N) is 6. The second-order valence-corrected chi connectivity index (χ2v) is 13.8. The van der Waals surface area contributed by atoms with Crippen LogP contribution in [0.5, 0.6) is 5.88 Å². The topological polar surface area (TPSA) is 95.8 Å². The zero-order valence-corrected chi connectivity index (χ0v) is 29.7. The average molecular weight is 711 g/mol. The summed E-state index contributed by atoms with van der Waals surface area (Å²) in [6.45, 7) is 7.58. The normalized spacial score (nSPS) is 16.8. The Labute approximate surface area is 296 Å². The number of nitrogens with one attached hydrogen (secondary N) is 1. The van der Waals surface area contributed by atoms with Gasteiger partial charge in [-0.3, -0.25) is 14.5 Å². The molecule has 5 heterocycles. The number of anilines is 1. The van der Waals surface area contributed by atoms with Gasteiger partial charge < -0.3 is 24.4 Å². The van der Waals surface area contributed by atoms with Crippen LogP contribution in [0.3, 0.4) is 0 Å². The van der Waals surface area contributed by atoms with Crippen LogP contribution in [0.15, 0.2) is 48.5 Å². The molecule has 0 radical (unpaired) electrons. The molecular formula is C35H38Cl3N7O3. The molecule has 2 amide bonds. The standard InChI is InChI=1S/C35H37Cl2N7O3.ClH/c1-21(45)44-19-35(20-44)17-43(18-35)15-22-11-12-26(40-34(22)47-4)25-9-5-7-23(30(25)36)24-8-6-10-27(31(24)37)39-33(46)32-38-28-16-41(2)14-13-29(28)42(32)3;/h5-12H,13-20H2,1-4H3,(H,39,46);1H. The van der Waals surface area contributed by atoms with E-state index >= 15 is 0 Å². The maximum Gasteiger partial charge on any atom is 0.291 e. The summed E-state index contributed by atoms with van der Waals surface area (Å²) < 4.78 is 7.59. The van der Waals surface area contributed by atoms with Gasteiger partial charge in [0.1, 0.15) is 0 Å². The fourth-order valence-corrected chi connectivity index (χ4v) is 7.77. The van der Waals surface area contributed by atoms with Crippen molar-refractivity contribution >= 4 is 53.1 Å². The van der Waals surface area contributed by atoms with E-state index in [4.69, 9.17) is 32.9 Å². The van der Waals surface area contributed by atoms with Crippen LogP contribution >= 0.6 is 35.6 Å². The van der Waals surface area contributed by atoms with E-state index in [1.54, 1.807) is 20.1 Å². The number of aromatic nitrogens is 3. The molecular weight excluding hydrogens is 673 g/mol. The quantitative estimate of drug-likeness (QED) is 0.260. The van der Waals surface area contributed by atoms with Crippen LogP contribution in [0, 0.1) is 5.41 Å². The lowest BCUT2D eigenvalue weighted by molar-refractivity contribution is -0.157. The van der Waals surface area contributed by atoms with E-state index < -0.39 is 0 Å². The molecule has 1 spiro atoms. The Balaban J connectivity index is 0.00000401. The van der Waals surface area contributed by atoms with Gasteiger partial charge in [0, 0.05) is 99.6 Å². The number of benzene rings is 2. The minimum Gasteiger partial charge on any atom is -0.481 e. The number of methoxy groups -OCH3 is 1. The monoisotopic (exact) mass is 709 g/mol. The molecule has 1 N–H and O–H groups in total. The first kappa shape index (κ1) is 34.2. The highest BCUT2D eigenvalue weighted by molar-refractivity contribution is 6.39. The molecule has 0 bridgehead atoms. The first-order valence-electron chi connectivity index (χ1n) is 15.7. The summed E-state index contributed by atoms with van der Waals surface area (Å²) in [6.07, 6.45) is 0.846. The number of carbonyl (C=O) groups excluding carboxylic acids is 2. The molecule has 2 aromatic carbocycles. The van der Waals surface area contributed by atoms with Crippen LogP contribution < -0.4 is 10.1 Å². The number of hydrogen-bond donors (Lipinski definition) is 1. The van der Waals surface area contributed by atoms with Crippen molar-refractivity contribution in [1.29, 1.82) is 0 Å². The average Bonchev–Trinajstić information content (AvgIpc) is 3.34. The fourth-order valence-electron chi connectivity index (χ4n) is 7.17. The number of pyridine rings is 1. The van der Waals surface area contributed by atoms with Gasteiger partial charge in [0.15, 0.2) is 5.82 Å². The van der Waals surface area contributed by atoms with Crippen LogP contribution in [-0.4, -0.2) is 87.9 Å². The Hall–Kier alpha value is -3.67. The number of halogens is 3. The van der Waals surface area contributed by atoms with Gasteiger partial charge in [0.2, 0.25) is 11.8 Å². The number of ether oxygens (including phenoxy) is 1. The lowest BCUT2D eigenvalue weighted by atomic mass is 9.72. The molecule has 3 aliphatic heterocycles. The van der Waals surface area contributed by atoms with Crippen LogP contribution in [0.2, 0.25) is 10.0 Å². The minimum atomic E-state index is -0.320. The number of amides is 2. The van der Waals surface area contributed by atoms with Gasteiger partial charge in [-0.25, -0.2) is 9.97 Å². The Morgan fingerprint density at radius 1 is 0.938 bits per heavy atom. The van der Waals surface area contributed by atoms with E-state index in [-0.39, 0.29) is 29.6 Å². The molecule has 252 valence electrons. The van der Waals surface area contributed by atoms with Gasteiger partial charge in [-0.2, -0.15) is 0 Å². The molecule has 2 fully saturated rings. The second-order valence-electron chi connectivity index (χ2n) is 13.0. The zero-order valence-electron chi connectivity index (χ0n) is 27.3. The molecule has 0 saturated carbocycles. The summed E-state index contributed by atoms with van der Waals surface area (Å²) in [6, 6.07) is 15.2. The summed E-state index contributed by atoms with van der Waals surface area (Å²) in [5.74, 6) is 0.728. The number of rotatable bonds is 7. The second kappa shape index (κ2) is 13.3. The van der Waals surface area contributed by atoms with Crippen molar-refractivity contribution in [3.8, 4) is 28.3 Å². The Kier molecular flexibility index (Phi) is 9.50. The molecule has 2 saturated heterocycles. The Morgan fingerprint density at radius 3 is 2.33 bits per heavy atom. The van der Waals surface area contributed by atoms with Crippen molar-refractivity contribution in [3.05, 3.63) is 81.4 Å². The molecule has 2 aromatic heterocycles. The van der Waals surface area contributed by atoms with Gasteiger partial charge >= 0.3 is 0 Å². The Morgan fingerprint density at radius 2 is 1.62 bits per heavy atom. The predicted octanol–water partition coefficient (Wildman–Crippen LogP) is 5.79. The SMILES string of the molecule is COc1nc(-c2cccc(-c3cccc(NC(=O)c4nc5c(n4C)CCN(C)C5)c3Cl)c2Cl)ccc1CN1CC2(C1)CN(C(C)=O)C2.Cl. The van der Waals surface area contributed by atoms with Gasteiger partial charge in [0.05, 0.1) is 34.2 Å². The zero-order chi connectivity index (χ0) is 33.0. The number of imidazole rings is 1. The van der Waals surface area contributed by atoms with E-state index in [9.17, 15) is 9.59 Å². The summed E-state index contributed by atoms with van der Waals surface area (Å²) in [4.78, 5) is 40.9. The molecule has 10 nitrogen and oxygen atoms in total. The summed E-state index contributed by atoms with van der Waals surface area (Å²) in [7, 11) is 5.55. The summed E-state index contributed by atoms with van der Waals surface area (Å²) in [5.41, 5.74) is 6.54. The smallest absolute Gasteiger partial charge is 0.291 e. The first-order chi connectivity index (χ1) is 22.6. The van der Waals surface area contributed by atoms with Crippen molar-refractivity contribution in [2.24, 2.45) is 12.5 Å². The van der Waals surface area contributed by atoms with Gasteiger partial charge in [-0.15, -0.1) is 12.4 Å². The van der Waals surface area contributed by atoms with Crippen molar-refractivity contribution in [2.75, 3.05) is 52.2 Å². The van der Waals surface area contributed by atoms with Crippen LogP contribution in [0.25, 0.3) is 22.4 Å². The van der Waals surface area contributed by atoms with Crippen molar-refractivity contribution in [2.45, 2.75) is 26.4 Å². The van der Waals surface area contributed by atoms with E-state index in [1.807, 2.05) is 66.0 Å². The minimum absolute atomic E-state index is 0. The molecule has 48 heavy (non-hydrogen) atoms. The highest BCUT2D eigenvalue weighted by Crippen LogP contribution is 2.43. The lowest BCUT2D eigenvalue weighted by Crippen LogP contribution is -2.72. The number of carbonyl (C=O) groups is 2. The van der Waals surface area contributed by atoms with Gasteiger partial charge in [-0.1, -0.05) is 59.6 Å². The third kappa shape index (κ3) is 6.16. The number of fused-ring (bicyclic) bond motifs is 1. The molecule has 0 atom stereocenters. The summed E-state index contributed by atoms with van der Waals surface area (Å²) in [5, 5.41) is 3.84. The van der Waals surface area contributed by atoms with E-state index in [1.165, 1.54) is 0 Å². The van der Waals surface area contributed by atoms with E-state index in [0.29, 0.717) is 45.2 Å². The summed E-state index contributed by atoms with van der Waals surface area (Å²) >= 11 is 14.0. The maximum atomic E-state index is 13.4. The van der Waals surface area contributed by atoms with Crippen molar-refractivity contribution in [1.82, 2.24) is 29.2 Å². The number of likely N-dealkylation sites (N-methyl/N-ethyl adjacent to an activating group) is 1. The molecule has 3 aliphatic rings. The number of hydrogen-bond acceptors (Lipinski definition) is 7. The lowest BCUT2D eigenvalue weighted by Gasteiger charge is -2.60. The van der Waals surface area contributed by atoms with E-state index in [2.05, 4.69) is 20.1 Å². The highest BCUT2D eigenvalue weighted by Gasteiger charge is 2.52. The molecule has 7 rings (SSSR count). The van der Waals surface area contributed by atoms with Gasteiger partial charge in [-0.05, 0) is 19.2 Å². The predicted molar refractivity (Wildman–Crippen MR) is 190 cm³/mol. The highest BCUT2D eigenvalue weighted by atomic mass is 35.5. The van der Waals surface area contributed by atoms with E-state index in [0.717, 1.165) is 73.8 Å². The Bertz CT molecular complexity index is 1900. The molecule has 0 unspecified atom stereocenters. The molecule has 4 aromatic rings. The van der Waals surface area contributed by atoms with Crippen LogP contribution in [0.4, 0.5) is 5.69 Å². The van der Waals surface area contributed by atoms with Crippen molar-refractivity contribution < 1.29 is 14.3 Å². The first-order valence-corrected chi connectivity index (χ1v) is 16.5. The fraction of sp³-hybridized carbons (Fsp3) is 0.371. The third-order valence-electron chi connectivity index (χ3n) is 9.60. The van der Waals surface area contributed by atoms with Crippen molar-refractivity contribution in [3.63, 3.8) is 0 Å². The largest absolute Gasteiger partial charge is 0.481 e. The van der Waals surface area contributed by atoms with Crippen LogP contribution in [-0.2, 0) is 31.4 Å². The van der Waals surface area contributed by atoms with Crippen LogP contribution in [0.1, 0.15) is 34.5 Å². The molecule has 13 heteroatoms. The molecule has 0 aliphatic carbocycles. The number of likely N-dealkylation sites (tertiary alicyclic amines) is 2. The third-order valence-corrected chi connectivity index (χ3v) is 10.4. The maximum absolute atomic E-state index is 13.4.